The molecule has 0 aliphatic carbocycles. The van der Waals surface area contributed by atoms with Gasteiger partial charge in [0.05, 0.1) is 12.5 Å². The van der Waals surface area contributed by atoms with Crippen molar-refractivity contribution in [1.82, 2.24) is 4.98 Å². The van der Waals surface area contributed by atoms with Gasteiger partial charge in [0, 0.05) is 30.5 Å². The molecule has 2 N–H and O–H groups in total. The summed E-state index contributed by atoms with van der Waals surface area (Å²) in [7, 11) is 1.92. The molecule has 0 amide bonds. The summed E-state index contributed by atoms with van der Waals surface area (Å²) in [4.78, 5) is 14.4. The minimum absolute atomic E-state index is 0.118. The zero-order chi connectivity index (χ0) is 18.5. The van der Waals surface area contributed by atoms with E-state index in [1.165, 1.54) is 10.8 Å². The Kier molecular flexibility index (Phi) is 9.56. The van der Waals surface area contributed by atoms with Crippen LogP contribution in [0.4, 0.5) is 5.69 Å². The Labute approximate surface area is 149 Å². The Bertz CT molecular complexity index is 745. The van der Waals surface area contributed by atoms with Crippen LogP contribution in [0.15, 0.2) is 67.0 Å². The molecular weight excluding hydrogens is 312 g/mol. The second kappa shape index (κ2) is 11.8. The van der Waals surface area contributed by atoms with Crippen molar-refractivity contribution in [2.45, 2.75) is 19.8 Å². The molecular formula is C21H26N2O2. The lowest BCUT2D eigenvalue weighted by molar-refractivity contribution is -0.109. The maximum Gasteiger partial charge on any atom is 0.129 e. The molecule has 2 aromatic carbocycles. The molecule has 1 atom stereocenters. The summed E-state index contributed by atoms with van der Waals surface area (Å²) >= 11 is 0. The number of carbonyl (C=O) groups excluding carboxylic acids is 1. The molecule has 3 aromatic rings. The number of rotatable bonds is 4. The quantitative estimate of drug-likeness (QED) is 0.698. The zero-order valence-corrected chi connectivity index (χ0v) is 15.0. The van der Waals surface area contributed by atoms with Crippen LogP contribution in [0.2, 0.25) is 0 Å². The summed E-state index contributed by atoms with van der Waals surface area (Å²) in [5, 5.41) is 14.2. The van der Waals surface area contributed by atoms with Gasteiger partial charge in [-0.2, -0.15) is 0 Å². The highest BCUT2D eigenvalue weighted by Gasteiger charge is 2.06. The van der Waals surface area contributed by atoms with Gasteiger partial charge in [-0.05, 0) is 29.1 Å². The monoisotopic (exact) mass is 338 g/mol. The van der Waals surface area contributed by atoms with Crippen LogP contribution in [-0.4, -0.2) is 30.0 Å². The molecule has 0 fully saturated rings. The number of aromatic nitrogens is 1. The van der Waals surface area contributed by atoms with Gasteiger partial charge in [0.15, 0.2) is 0 Å². The van der Waals surface area contributed by atoms with E-state index in [9.17, 15) is 4.79 Å². The predicted octanol–water partition coefficient (Wildman–Crippen LogP) is 4.26. The molecule has 1 unspecified atom stereocenters. The molecule has 25 heavy (non-hydrogen) atoms. The molecule has 132 valence electrons. The highest BCUT2D eigenvalue weighted by molar-refractivity contribution is 5.84. The first kappa shape index (κ1) is 20.3. The predicted molar refractivity (Wildman–Crippen MR) is 105 cm³/mol. The SMILES string of the molecule is CC.CNc1ccc2cnccc2c1.O=CC(CO)c1ccccc1. The van der Waals surface area contributed by atoms with E-state index in [0.717, 1.165) is 17.5 Å². The van der Waals surface area contributed by atoms with Gasteiger partial charge in [-0.3, -0.25) is 4.98 Å². The highest BCUT2D eigenvalue weighted by Crippen LogP contribution is 2.17. The van der Waals surface area contributed by atoms with Crippen LogP contribution < -0.4 is 5.32 Å². The van der Waals surface area contributed by atoms with E-state index in [4.69, 9.17) is 5.11 Å². The third kappa shape index (κ3) is 6.36. The van der Waals surface area contributed by atoms with Crippen molar-refractivity contribution in [2.24, 2.45) is 0 Å². The van der Waals surface area contributed by atoms with Crippen molar-refractivity contribution in [3.05, 3.63) is 72.6 Å². The average molecular weight is 338 g/mol. The fraction of sp³-hybridized carbons (Fsp3) is 0.238. The van der Waals surface area contributed by atoms with Gasteiger partial charge in [-0.25, -0.2) is 0 Å². The molecule has 0 aliphatic heterocycles. The van der Waals surface area contributed by atoms with E-state index in [2.05, 4.69) is 22.4 Å². The zero-order valence-electron chi connectivity index (χ0n) is 15.0. The number of pyridine rings is 1. The maximum absolute atomic E-state index is 10.4. The number of anilines is 1. The van der Waals surface area contributed by atoms with Crippen molar-refractivity contribution >= 4 is 22.7 Å². The number of nitrogens with zero attached hydrogens (tertiary/aromatic N) is 1. The van der Waals surface area contributed by atoms with E-state index in [-0.39, 0.29) is 12.5 Å². The molecule has 4 heteroatoms. The van der Waals surface area contributed by atoms with E-state index >= 15 is 0 Å². The third-order valence-corrected chi connectivity index (χ3v) is 3.52. The molecule has 0 radical (unpaired) electrons. The summed E-state index contributed by atoms with van der Waals surface area (Å²) in [5.74, 6) is -0.365. The van der Waals surface area contributed by atoms with Crippen molar-refractivity contribution in [1.29, 1.82) is 0 Å². The molecule has 0 spiro atoms. The van der Waals surface area contributed by atoms with Gasteiger partial charge in [0.1, 0.15) is 6.29 Å². The minimum atomic E-state index is -0.365. The molecule has 0 saturated heterocycles. The maximum atomic E-state index is 10.4. The Hall–Kier alpha value is -2.72. The lowest BCUT2D eigenvalue weighted by Crippen LogP contribution is -2.04. The molecule has 0 bridgehead atoms. The summed E-state index contributed by atoms with van der Waals surface area (Å²) in [6.45, 7) is 3.88. The van der Waals surface area contributed by atoms with Crippen LogP contribution in [0.1, 0.15) is 25.3 Å². The van der Waals surface area contributed by atoms with Gasteiger partial charge >= 0.3 is 0 Å². The van der Waals surface area contributed by atoms with E-state index in [0.29, 0.717) is 0 Å². The first-order valence-electron chi connectivity index (χ1n) is 8.41. The van der Waals surface area contributed by atoms with Crippen molar-refractivity contribution in [3.63, 3.8) is 0 Å². The van der Waals surface area contributed by atoms with E-state index < -0.39 is 0 Å². The summed E-state index contributed by atoms with van der Waals surface area (Å²) in [5.41, 5.74) is 2.00. The first-order chi connectivity index (χ1) is 12.3. The average Bonchev–Trinajstić information content (AvgIpc) is 2.71. The summed E-state index contributed by atoms with van der Waals surface area (Å²) in [6, 6.07) is 17.5. The van der Waals surface area contributed by atoms with Gasteiger partial charge in [-0.1, -0.05) is 50.2 Å². The molecule has 3 rings (SSSR count). The largest absolute Gasteiger partial charge is 0.395 e. The van der Waals surface area contributed by atoms with Gasteiger partial charge in [0.25, 0.3) is 0 Å². The lowest BCUT2D eigenvalue weighted by atomic mass is 10.0. The van der Waals surface area contributed by atoms with Crippen LogP contribution in [0.25, 0.3) is 10.8 Å². The van der Waals surface area contributed by atoms with Gasteiger partial charge in [0.2, 0.25) is 0 Å². The van der Waals surface area contributed by atoms with Crippen molar-refractivity contribution < 1.29 is 9.90 Å². The number of hydrogen-bond donors (Lipinski definition) is 2. The highest BCUT2D eigenvalue weighted by atomic mass is 16.3. The lowest BCUT2D eigenvalue weighted by Gasteiger charge is -2.04. The van der Waals surface area contributed by atoms with E-state index in [1.54, 1.807) is 0 Å². The van der Waals surface area contributed by atoms with Gasteiger partial charge < -0.3 is 15.2 Å². The molecule has 1 aromatic heterocycles. The Morgan fingerprint density at radius 2 is 1.80 bits per heavy atom. The molecule has 4 nitrogen and oxygen atoms in total. The molecule has 0 saturated carbocycles. The van der Waals surface area contributed by atoms with Crippen LogP contribution in [0.3, 0.4) is 0 Å². The fourth-order valence-corrected chi connectivity index (χ4v) is 2.17. The smallest absolute Gasteiger partial charge is 0.129 e. The second-order valence-corrected chi connectivity index (χ2v) is 5.02. The number of benzene rings is 2. The fourth-order valence-electron chi connectivity index (χ4n) is 2.17. The topological polar surface area (TPSA) is 62.2 Å². The van der Waals surface area contributed by atoms with Crippen LogP contribution in [-0.2, 0) is 4.79 Å². The van der Waals surface area contributed by atoms with E-state index in [1.807, 2.05) is 75.8 Å². The van der Waals surface area contributed by atoms with Gasteiger partial charge in [-0.15, -0.1) is 0 Å². The third-order valence-electron chi connectivity index (χ3n) is 3.52. The van der Waals surface area contributed by atoms with Crippen LogP contribution >= 0.6 is 0 Å². The molecule has 0 aliphatic rings. The second-order valence-electron chi connectivity index (χ2n) is 5.02. The van der Waals surface area contributed by atoms with Crippen LogP contribution in [0, 0.1) is 0 Å². The Morgan fingerprint density at radius 3 is 2.40 bits per heavy atom. The normalized spacial score (nSPS) is 10.6. The minimum Gasteiger partial charge on any atom is -0.395 e. The van der Waals surface area contributed by atoms with Crippen LogP contribution in [0.5, 0.6) is 0 Å². The Morgan fingerprint density at radius 1 is 1.08 bits per heavy atom. The number of fused-ring (bicyclic) bond motifs is 1. The number of nitrogens with one attached hydrogen (secondary N) is 1. The summed E-state index contributed by atoms with van der Waals surface area (Å²) in [6.07, 6.45) is 4.44. The standard InChI is InChI=1S/C10H10N2.C9H10O2.C2H6/c1-11-10-3-2-9-7-12-5-4-8(9)6-10;10-6-9(7-11)8-4-2-1-3-5-8;1-2/h2-7,11H,1H3;1-6,9,11H,7H2;1-2H3. The Balaban J connectivity index is 0.000000229. The first-order valence-corrected chi connectivity index (χ1v) is 8.41. The van der Waals surface area contributed by atoms with Crippen molar-refractivity contribution in [2.75, 3.05) is 19.0 Å². The number of aliphatic hydroxyl groups is 1. The molecule has 1 heterocycles. The number of aliphatic hydroxyl groups excluding tert-OH is 1. The number of carbonyl (C=O) groups is 1. The van der Waals surface area contributed by atoms with Crippen molar-refractivity contribution in [3.8, 4) is 0 Å². The summed E-state index contributed by atoms with van der Waals surface area (Å²) < 4.78 is 0. The number of aldehydes is 1. The number of hydrogen-bond acceptors (Lipinski definition) is 4.